The van der Waals surface area contributed by atoms with Crippen molar-refractivity contribution in [1.29, 1.82) is 0 Å². The van der Waals surface area contributed by atoms with Crippen LogP contribution in [0.15, 0.2) is 22.7 Å². The number of halogens is 2. The molecular weight excluding hydrogens is 295 g/mol. The van der Waals surface area contributed by atoms with Gasteiger partial charge in [-0.1, -0.05) is 29.3 Å². The van der Waals surface area contributed by atoms with Gasteiger partial charge < -0.3 is 5.32 Å². The van der Waals surface area contributed by atoms with Crippen LogP contribution in [0.1, 0.15) is 25.3 Å². The summed E-state index contributed by atoms with van der Waals surface area (Å²) in [5.41, 5.74) is 0.779. The van der Waals surface area contributed by atoms with Gasteiger partial charge >= 0.3 is 0 Å². The van der Waals surface area contributed by atoms with E-state index in [2.05, 4.69) is 33.1 Å². The summed E-state index contributed by atoms with van der Waals surface area (Å²) in [6.45, 7) is 5.91. The van der Waals surface area contributed by atoms with Gasteiger partial charge in [-0.15, -0.1) is 0 Å². The number of hydrogen-bond donors (Lipinski definition) is 1. The molecule has 0 aromatic heterocycles. The largest absolute Gasteiger partial charge is 0.311 e. The fourth-order valence-electron chi connectivity index (χ4n) is 2.49. The molecule has 1 aromatic rings. The molecule has 1 heterocycles. The predicted molar refractivity (Wildman–Crippen MR) is 76.1 cm³/mol. The molecular formula is C14H20BrFN2. The molecule has 1 fully saturated rings. The third kappa shape index (κ3) is 3.77. The molecule has 1 saturated heterocycles. The summed E-state index contributed by atoms with van der Waals surface area (Å²) in [5.74, 6) is -0.108. The Labute approximate surface area is 117 Å². The molecule has 1 aromatic carbocycles. The SMILES string of the molecule is CCCC1CN(Cc2cc(Br)ccc2F)CCN1. The molecule has 1 aliphatic rings. The maximum Gasteiger partial charge on any atom is 0.127 e. The van der Waals surface area contributed by atoms with Gasteiger partial charge in [0, 0.05) is 42.3 Å². The van der Waals surface area contributed by atoms with E-state index >= 15 is 0 Å². The fraction of sp³-hybridized carbons (Fsp3) is 0.571. The average Bonchev–Trinajstić information content (AvgIpc) is 2.35. The molecule has 2 rings (SSSR count). The van der Waals surface area contributed by atoms with Crippen molar-refractivity contribution in [1.82, 2.24) is 10.2 Å². The quantitative estimate of drug-likeness (QED) is 0.918. The number of piperazine rings is 1. The highest BCUT2D eigenvalue weighted by Gasteiger charge is 2.19. The molecule has 0 aliphatic carbocycles. The molecule has 2 nitrogen and oxygen atoms in total. The number of benzene rings is 1. The van der Waals surface area contributed by atoms with Gasteiger partial charge in [-0.2, -0.15) is 0 Å². The van der Waals surface area contributed by atoms with Crippen molar-refractivity contribution in [3.63, 3.8) is 0 Å². The van der Waals surface area contributed by atoms with E-state index in [1.807, 2.05) is 6.07 Å². The third-order valence-electron chi connectivity index (χ3n) is 3.38. The lowest BCUT2D eigenvalue weighted by molar-refractivity contribution is 0.185. The van der Waals surface area contributed by atoms with Crippen LogP contribution in [-0.4, -0.2) is 30.6 Å². The van der Waals surface area contributed by atoms with E-state index in [4.69, 9.17) is 0 Å². The van der Waals surface area contributed by atoms with Crippen LogP contribution in [0, 0.1) is 5.82 Å². The molecule has 1 aliphatic heterocycles. The van der Waals surface area contributed by atoms with Crippen molar-refractivity contribution < 1.29 is 4.39 Å². The van der Waals surface area contributed by atoms with E-state index in [9.17, 15) is 4.39 Å². The van der Waals surface area contributed by atoms with Gasteiger partial charge in [0.05, 0.1) is 0 Å². The van der Waals surface area contributed by atoms with Crippen LogP contribution < -0.4 is 5.32 Å². The number of hydrogen-bond acceptors (Lipinski definition) is 2. The Morgan fingerprint density at radius 3 is 3.11 bits per heavy atom. The van der Waals surface area contributed by atoms with Gasteiger partial charge in [0.2, 0.25) is 0 Å². The highest BCUT2D eigenvalue weighted by molar-refractivity contribution is 9.10. The average molecular weight is 315 g/mol. The standard InChI is InChI=1S/C14H20BrFN2/c1-2-3-13-10-18(7-6-17-13)9-11-8-12(15)4-5-14(11)16/h4-5,8,13,17H,2-3,6-7,9-10H2,1H3. The van der Waals surface area contributed by atoms with Crippen LogP contribution in [0.4, 0.5) is 4.39 Å². The molecule has 4 heteroatoms. The Bertz CT molecular complexity index is 395. The maximum absolute atomic E-state index is 13.7. The Balaban J connectivity index is 1.98. The van der Waals surface area contributed by atoms with Crippen molar-refractivity contribution >= 4 is 15.9 Å². The molecule has 1 N–H and O–H groups in total. The maximum atomic E-state index is 13.7. The number of rotatable bonds is 4. The zero-order chi connectivity index (χ0) is 13.0. The van der Waals surface area contributed by atoms with Crippen molar-refractivity contribution in [2.75, 3.05) is 19.6 Å². The second-order valence-corrected chi connectivity index (χ2v) is 5.83. The highest BCUT2D eigenvalue weighted by Crippen LogP contribution is 2.18. The lowest BCUT2D eigenvalue weighted by Crippen LogP contribution is -2.50. The zero-order valence-corrected chi connectivity index (χ0v) is 12.3. The molecule has 0 bridgehead atoms. The first-order valence-electron chi connectivity index (χ1n) is 6.58. The molecule has 0 radical (unpaired) electrons. The Morgan fingerprint density at radius 1 is 1.50 bits per heavy atom. The normalized spacial score (nSPS) is 21.2. The minimum absolute atomic E-state index is 0.108. The summed E-state index contributed by atoms with van der Waals surface area (Å²) < 4.78 is 14.7. The molecule has 18 heavy (non-hydrogen) atoms. The van der Waals surface area contributed by atoms with E-state index in [0.717, 1.165) is 29.7 Å². The van der Waals surface area contributed by atoms with E-state index in [0.29, 0.717) is 12.6 Å². The highest BCUT2D eigenvalue weighted by atomic mass is 79.9. The first kappa shape index (κ1) is 14.0. The second-order valence-electron chi connectivity index (χ2n) is 4.91. The van der Waals surface area contributed by atoms with Crippen molar-refractivity contribution in [2.24, 2.45) is 0 Å². The predicted octanol–water partition coefficient (Wildman–Crippen LogP) is 3.16. The van der Waals surface area contributed by atoms with Crippen LogP contribution in [0.25, 0.3) is 0 Å². The van der Waals surface area contributed by atoms with Gasteiger partial charge in [0.15, 0.2) is 0 Å². The van der Waals surface area contributed by atoms with Gasteiger partial charge in [-0.05, 0) is 24.6 Å². The minimum atomic E-state index is -0.108. The molecule has 0 amide bonds. The lowest BCUT2D eigenvalue weighted by Gasteiger charge is -2.33. The Morgan fingerprint density at radius 2 is 2.33 bits per heavy atom. The summed E-state index contributed by atoms with van der Waals surface area (Å²) >= 11 is 3.40. The number of nitrogens with zero attached hydrogens (tertiary/aromatic N) is 1. The van der Waals surface area contributed by atoms with E-state index in [1.54, 1.807) is 6.07 Å². The topological polar surface area (TPSA) is 15.3 Å². The molecule has 0 spiro atoms. The molecule has 100 valence electrons. The van der Waals surface area contributed by atoms with Crippen molar-refractivity contribution in [3.8, 4) is 0 Å². The van der Waals surface area contributed by atoms with Gasteiger partial charge in [-0.25, -0.2) is 4.39 Å². The second kappa shape index (κ2) is 6.64. The first-order valence-corrected chi connectivity index (χ1v) is 7.38. The van der Waals surface area contributed by atoms with Crippen LogP contribution in [-0.2, 0) is 6.54 Å². The lowest BCUT2D eigenvalue weighted by atomic mass is 10.1. The smallest absolute Gasteiger partial charge is 0.127 e. The zero-order valence-electron chi connectivity index (χ0n) is 10.8. The monoisotopic (exact) mass is 314 g/mol. The summed E-state index contributed by atoms with van der Waals surface area (Å²) in [5, 5.41) is 3.52. The van der Waals surface area contributed by atoms with E-state index in [-0.39, 0.29) is 5.82 Å². The first-order chi connectivity index (χ1) is 8.69. The van der Waals surface area contributed by atoms with E-state index in [1.165, 1.54) is 18.9 Å². The Hall–Kier alpha value is -0.450. The molecule has 1 unspecified atom stereocenters. The van der Waals surface area contributed by atoms with Crippen LogP contribution in [0.3, 0.4) is 0 Å². The third-order valence-corrected chi connectivity index (χ3v) is 3.87. The van der Waals surface area contributed by atoms with Crippen LogP contribution in [0.5, 0.6) is 0 Å². The van der Waals surface area contributed by atoms with Gasteiger partial charge in [0.1, 0.15) is 5.82 Å². The van der Waals surface area contributed by atoms with Crippen LogP contribution >= 0.6 is 15.9 Å². The fourth-order valence-corrected chi connectivity index (χ4v) is 2.89. The van der Waals surface area contributed by atoms with Crippen LogP contribution in [0.2, 0.25) is 0 Å². The summed E-state index contributed by atoms with van der Waals surface area (Å²) in [7, 11) is 0. The molecule has 0 saturated carbocycles. The van der Waals surface area contributed by atoms with Gasteiger partial charge in [-0.3, -0.25) is 4.90 Å². The Kier molecular flexibility index (Phi) is 5.15. The summed E-state index contributed by atoms with van der Waals surface area (Å²) in [6.07, 6.45) is 2.38. The number of nitrogens with one attached hydrogen (secondary N) is 1. The van der Waals surface area contributed by atoms with E-state index < -0.39 is 0 Å². The summed E-state index contributed by atoms with van der Waals surface area (Å²) in [4.78, 5) is 2.34. The minimum Gasteiger partial charge on any atom is -0.311 e. The van der Waals surface area contributed by atoms with Crippen molar-refractivity contribution in [3.05, 3.63) is 34.1 Å². The summed E-state index contributed by atoms with van der Waals surface area (Å²) in [6, 6.07) is 5.72. The van der Waals surface area contributed by atoms with Gasteiger partial charge in [0.25, 0.3) is 0 Å². The molecule has 1 atom stereocenters. The van der Waals surface area contributed by atoms with Crippen molar-refractivity contribution in [2.45, 2.75) is 32.4 Å².